The molecule has 0 saturated carbocycles. The van der Waals surface area contributed by atoms with Gasteiger partial charge in [-0.25, -0.2) is 0 Å². The summed E-state index contributed by atoms with van der Waals surface area (Å²) < 4.78 is 0. The Morgan fingerprint density at radius 2 is 2.24 bits per heavy atom. The minimum absolute atomic E-state index is 0.0706. The van der Waals surface area contributed by atoms with Gasteiger partial charge in [-0.15, -0.1) is 11.6 Å². The molecule has 0 fully saturated rings. The lowest BCUT2D eigenvalue weighted by Crippen LogP contribution is -2.20. The molecule has 2 nitrogen and oxygen atoms in total. The van der Waals surface area contributed by atoms with Crippen LogP contribution in [-0.2, 0) is 11.2 Å². The Kier molecular flexibility index (Phi) is 3.72. The Hall–Kier alpha value is -1.02. The van der Waals surface area contributed by atoms with E-state index in [2.05, 4.69) is 13.0 Å². The first-order valence-electron chi connectivity index (χ1n) is 6.17. The number of hydrogen-bond acceptors (Lipinski definition) is 1. The maximum atomic E-state index is 11.6. The van der Waals surface area contributed by atoms with E-state index < -0.39 is 0 Å². The lowest BCUT2D eigenvalue weighted by atomic mass is 10.0. The summed E-state index contributed by atoms with van der Waals surface area (Å²) in [4.78, 5) is 13.3. The molecule has 0 saturated heterocycles. The lowest BCUT2D eigenvalue weighted by molar-refractivity contribution is -0.117. The van der Waals surface area contributed by atoms with Crippen molar-refractivity contribution in [3.8, 4) is 0 Å². The van der Waals surface area contributed by atoms with Crippen molar-refractivity contribution in [2.24, 2.45) is 0 Å². The van der Waals surface area contributed by atoms with Crippen LogP contribution in [0.1, 0.15) is 42.7 Å². The third-order valence-electron chi connectivity index (χ3n) is 3.35. The van der Waals surface area contributed by atoms with Crippen molar-refractivity contribution in [2.75, 3.05) is 11.9 Å². The maximum absolute atomic E-state index is 11.6. The van der Waals surface area contributed by atoms with Crippen LogP contribution in [0.15, 0.2) is 18.2 Å². The van der Waals surface area contributed by atoms with Crippen LogP contribution in [0.25, 0.3) is 0 Å². The average Bonchev–Trinajstić information content (AvgIpc) is 2.61. The standard InChI is InChI=1S/C14H18ClNO/c1-3-4-5-12(15)10-6-7-13-11(8-10)9-14(17)16(13)2/h6-8,12H,3-5,9H2,1-2H3. The number of halogens is 1. The number of unbranched alkanes of at least 4 members (excludes halogenated alkanes) is 1. The Morgan fingerprint density at radius 3 is 2.94 bits per heavy atom. The molecule has 3 heteroatoms. The highest BCUT2D eigenvalue weighted by Gasteiger charge is 2.24. The average molecular weight is 252 g/mol. The van der Waals surface area contributed by atoms with Crippen molar-refractivity contribution in [1.29, 1.82) is 0 Å². The molecule has 0 radical (unpaired) electrons. The van der Waals surface area contributed by atoms with Crippen molar-refractivity contribution in [3.05, 3.63) is 29.3 Å². The summed E-state index contributed by atoms with van der Waals surface area (Å²) in [6, 6.07) is 6.14. The molecular formula is C14H18ClNO. The second kappa shape index (κ2) is 5.09. The van der Waals surface area contributed by atoms with Gasteiger partial charge in [-0.3, -0.25) is 4.79 Å². The van der Waals surface area contributed by atoms with Crippen LogP contribution in [0.4, 0.5) is 5.69 Å². The molecule has 2 rings (SSSR count). The fourth-order valence-corrected chi connectivity index (χ4v) is 2.52. The van der Waals surface area contributed by atoms with E-state index in [0.717, 1.165) is 36.1 Å². The number of hydrogen-bond donors (Lipinski definition) is 0. The van der Waals surface area contributed by atoms with Crippen LogP contribution < -0.4 is 4.90 Å². The van der Waals surface area contributed by atoms with Crippen molar-refractivity contribution < 1.29 is 4.79 Å². The normalized spacial score (nSPS) is 16.2. The monoisotopic (exact) mass is 251 g/mol. The molecule has 1 aromatic carbocycles. The number of anilines is 1. The van der Waals surface area contributed by atoms with Crippen LogP contribution >= 0.6 is 11.6 Å². The highest BCUT2D eigenvalue weighted by atomic mass is 35.5. The number of rotatable bonds is 4. The number of fused-ring (bicyclic) bond motifs is 1. The van der Waals surface area contributed by atoms with Gasteiger partial charge < -0.3 is 4.90 Å². The van der Waals surface area contributed by atoms with Gasteiger partial charge in [0, 0.05) is 12.7 Å². The molecule has 1 aliphatic heterocycles. The van der Waals surface area contributed by atoms with Gasteiger partial charge in [-0.05, 0) is 23.6 Å². The summed E-state index contributed by atoms with van der Waals surface area (Å²) >= 11 is 6.36. The topological polar surface area (TPSA) is 20.3 Å². The first-order chi connectivity index (χ1) is 8.13. The number of alkyl halides is 1. The van der Waals surface area contributed by atoms with Crippen LogP contribution in [0.3, 0.4) is 0 Å². The molecule has 1 aliphatic rings. The van der Waals surface area contributed by atoms with E-state index in [-0.39, 0.29) is 11.3 Å². The maximum Gasteiger partial charge on any atom is 0.231 e. The van der Waals surface area contributed by atoms with Gasteiger partial charge >= 0.3 is 0 Å². The number of carbonyl (C=O) groups excluding carboxylic acids is 1. The lowest BCUT2D eigenvalue weighted by Gasteiger charge is -2.13. The van der Waals surface area contributed by atoms with E-state index in [9.17, 15) is 4.79 Å². The number of amides is 1. The minimum atomic E-state index is 0.0706. The fraction of sp³-hybridized carbons (Fsp3) is 0.500. The molecule has 0 N–H and O–H groups in total. The molecule has 0 aromatic heterocycles. The summed E-state index contributed by atoms with van der Waals surface area (Å²) in [5.41, 5.74) is 3.28. The summed E-state index contributed by atoms with van der Waals surface area (Å²) in [6.45, 7) is 2.17. The SMILES string of the molecule is CCCCC(Cl)c1ccc2c(c1)CC(=O)N2C. The highest BCUT2D eigenvalue weighted by molar-refractivity contribution is 6.20. The summed E-state index contributed by atoms with van der Waals surface area (Å²) in [7, 11) is 1.82. The van der Waals surface area contributed by atoms with E-state index in [1.165, 1.54) is 0 Å². The first-order valence-corrected chi connectivity index (χ1v) is 6.60. The van der Waals surface area contributed by atoms with Crippen molar-refractivity contribution in [2.45, 2.75) is 38.0 Å². The molecule has 1 aromatic rings. The summed E-state index contributed by atoms with van der Waals surface area (Å²) in [6.07, 6.45) is 3.82. The molecule has 1 amide bonds. The molecule has 92 valence electrons. The van der Waals surface area contributed by atoms with Crippen LogP contribution in [0.5, 0.6) is 0 Å². The summed E-state index contributed by atoms with van der Waals surface area (Å²) in [5.74, 6) is 0.164. The van der Waals surface area contributed by atoms with E-state index in [1.807, 2.05) is 19.2 Å². The van der Waals surface area contributed by atoms with Crippen molar-refractivity contribution >= 4 is 23.2 Å². The van der Waals surface area contributed by atoms with Gasteiger partial charge in [-0.1, -0.05) is 31.9 Å². The number of carbonyl (C=O) groups is 1. The highest BCUT2D eigenvalue weighted by Crippen LogP contribution is 2.33. The zero-order valence-electron chi connectivity index (χ0n) is 10.4. The minimum Gasteiger partial charge on any atom is -0.315 e. The Morgan fingerprint density at radius 1 is 1.47 bits per heavy atom. The first kappa shape index (κ1) is 12.4. The Labute approximate surface area is 108 Å². The van der Waals surface area contributed by atoms with Crippen molar-refractivity contribution in [3.63, 3.8) is 0 Å². The fourth-order valence-electron chi connectivity index (χ4n) is 2.23. The Balaban J connectivity index is 2.18. The van der Waals surface area contributed by atoms with Gasteiger partial charge in [0.1, 0.15) is 0 Å². The third-order valence-corrected chi connectivity index (χ3v) is 3.82. The second-order valence-electron chi connectivity index (χ2n) is 4.63. The van der Waals surface area contributed by atoms with E-state index in [1.54, 1.807) is 4.90 Å². The quantitative estimate of drug-likeness (QED) is 0.748. The molecular weight excluding hydrogens is 234 g/mol. The molecule has 1 heterocycles. The van der Waals surface area contributed by atoms with Gasteiger partial charge in [0.25, 0.3) is 0 Å². The number of likely N-dealkylation sites (N-methyl/N-ethyl adjacent to an activating group) is 1. The van der Waals surface area contributed by atoms with Gasteiger partial charge in [0.2, 0.25) is 5.91 Å². The van der Waals surface area contributed by atoms with Gasteiger partial charge in [-0.2, -0.15) is 0 Å². The van der Waals surface area contributed by atoms with E-state index in [0.29, 0.717) is 6.42 Å². The van der Waals surface area contributed by atoms with Crippen LogP contribution in [0, 0.1) is 0 Å². The van der Waals surface area contributed by atoms with E-state index in [4.69, 9.17) is 11.6 Å². The third kappa shape index (κ3) is 2.47. The summed E-state index contributed by atoms with van der Waals surface area (Å²) in [5, 5.41) is 0.0706. The Bertz CT molecular complexity index is 430. The van der Waals surface area contributed by atoms with Gasteiger partial charge in [0.15, 0.2) is 0 Å². The molecule has 17 heavy (non-hydrogen) atoms. The van der Waals surface area contributed by atoms with Crippen LogP contribution in [-0.4, -0.2) is 13.0 Å². The number of benzene rings is 1. The predicted octanol–water partition coefficient (Wildman–Crippen LogP) is 3.68. The molecule has 0 bridgehead atoms. The number of nitrogens with zero attached hydrogens (tertiary/aromatic N) is 1. The second-order valence-corrected chi connectivity index (χ2v) is 5.15. The molecule has 0 spiro atoms. The largest absolute Gasteiger partial charge is 0.315 e. The van der Waals surface area contributed by atoms with E-state index >= 15 is 0 Å². The molecule has 1 unspecified atom stereocenters. The van der Waals surface area contributed by atoms with Crippen LogP contribution in [0.2, 0.25) is 0 Å². The van der Waals surface area contributed by atoms with Crippen molar-refractivity contribution in [1.82, 2.24) is 0 Å². The smallest absolute Gasteiger partial charge is 0.231 e. The molecule has 1 atom stereocenters. The van der Waals surface area contributed by atoms with Gasteiger partial charge in [0.05, 0.1) is 11.8 Å². The zero-order valence-corrected chi connectivity index (χ0v) is 11.1. The zero-order chi connectivity index (χ0) is 12.4. The predicted molar refractivity (Wildman–Crippen MR) is 71.7 cm³/mol. The molecule has 0 aliphatic carbocycles.